The Hall–Kier alpha value is -2.98. The summed E-state index contributed by atoms with van der Waals surface area (Å²) >= 11 is 13.8. The monoisotopic (exact) mass is 578 g/mol. The number of hydrogen-bond acceptors (Lipinski definition) is 3. The van der Waals surface area contributed by atoms with Gasteiger partial charge >= 0.3 is 0 Å². The Bertz CT molecular complexity index is 1370. The van der Waals surface area contributed by atoms with E-state index in [4.69, 9.17) is 37.8 Å². The number of benzene rings is 4. The lowest BCUT2D eigenvalue weighted by Crippen LogP contribution is -2.23. The highest BCUT2D eigenvalue weighted by Gasteiger charge is 2.35. The maximum Gasteiger partial charge on any atom is 0.128 e. The zero-order valence-corrected chi connectivity index (χ0v) is 26.0. The second kappa shape index (κ2) is 13.1. The highest BCUT2D eigenvalue weighted by molar-refractivity contribution is 6.34. The lowest BCUT2D eigenvalue weighted by atomic mass is 9.81. The molecule has 0 aliphatic heterocycles. The Morgan fingerprint density at radius 3 is 1.77 bits per heavy atom. The Morgan fingerprint density at radius 2 is 1.25 bits per heavy atom. The third-order valence-corrected chi connectivity index (χ3v) is 7.39. The normalized spacial score (nSPS) is 13.1. The van der Waals surface area contributed by atoms with Gasteiger partial charge in [-0.25, -0.2) is 0 Å². The first-order valence-corrected chi connectivity index (χ1v) is 14.1. The first-order chi connectivity index (χ1) is 18.8. The fraction of sp³-hybridized carbons (Fsp3) is 0.314. The van der Waals surface area contributed by atoms with Crippen LogP contribution in [0.3, 0.4) is 0 Å². The van der Waals surface area contributed by atoms with E-state index >= 15 is 0 Å². The molecule has 0 bridgehead atoms. The lowest BCUT2D eigenvalue weighted by Gasteiger charge is -2.31. The van der Waals surface area contributed by atoms with Gasteiger partial charge in [0.15, 0.2) is 0 Å². The van der Waals surface area contributed by atoms with Gasteiger partial charge in [-0.1, -0.05) is 105 Å². The van der Waals surface area contributed by atoms with E-state index in [1.807, 2.05) is 81.4 Å². The fourth-order valence-corrected chi connectivity index (χ4v) is 5.10. The standard InChI is InChI=1S/C23H22Cl2.C12H18O3/c1-22(2,3)17-13-15-19(16-14-17)23(25,18-9-5-4-6-10-18)20-11-7-8-12-21(20)24;1-12(2,3)15-10-6-5-9(8-13)11(7-10)14-4/h4-16H,1-3H3;5-7,13H,8H2,1-4H3. The molecular formula is C35H40Cl2O3. The molecule has 4 aromatic rings. The zero-order valence-electron chi connectivity index (χ0n) is 24.5. The lowest BCUT2D eigenvalue weighted by molar-refractivity contribution is 0.130. The minimum absolute atomic E-state index is 0.0288. The number of methoxy groups -OCH3 is 1. The van der Waals surface area contributed by atoms with Gasteiger partial charge in [-0.15, -0.1) is 11.6 Å². The predicted molar refractivity (Wildman–Crippen MR) is 168 cm³/mol. The molecule has 4 aromatic carbocycles. The number of ether oxygens (including phenoxy) is 2. The molecule has 5 heteroatoms. The van der Waals surface area contributed by atoms with Gasteiger partial charge in [0.05, 0.1) is 13.7 Å². The van der Waals surface area contributed by atoms with Crippen LogP contribution >= 0.6 is 23.2 Å². The minimum Gasteiger partial charge on any atom is -0.496 e. The number of alkyl halides is 1. The summed E-state index contributed by atoms with van der Waals surface area (Å²) < 4.78 is 10.8. The van der Waals surface area contributed by atoms with Crippen molar-refractivity contribution in [3.63, 3.8) is 0 Å². The van der Waals surface area contributed by atoms with Gasteiger partial charge in [0.25, 0.3) is 0 Å². The van der Waals surface area contributed by atoms with Crippen LogP contribution in [0, 0.1) is 0 Å². The van der Waals surface area contributed by atoms with Crippen LogP contribution in [-0.2, 0) is 16.9 Å². The molecule has 0 saturated heterocycles. The van der Waals surface area contributed by atoms with Crippen LogP contribution in [0.15, 0.2) is 97.1 Å². The zero-order chi connectivity index (χ0) is 29.6. The smallest absolute Gasteiger partial charge is 0.128 e. The number of hydrogen-bond donors (Lipinski definition) is 1. The average Bonchev–Trinajstić information content (AvgIpc) is 2.92. The van der Waals surface area contributed by atoms with Gasteiger partial charge in [0.1, 0.15) is 22.0 Å². The van der Waals surface area contributed by atoms with Crippen molar-refractivity contribution in [1.82, 2.24) is 0 Å². The molecule has 0 heterocycles. The van der Waals surface area contributed by atoms with Gasteiger partial charge in [0, 0.05) is 22.2 Å². The molecule has 0 saturated carbocycles. The van der Waals surface area contributed by atoms with E-state index in [-0.39, 0.29) is 17.6 Å². The summed E-state index contributed by atoms with van der Waals surface area (Å²) in [6, 6.07) is 31.9. The average molecular weight is 580 g/mol. The SMILES string of the molecule is CC(C)(C)c1ccc(C(Cl)(c2ccccc2)c2ccccc2Cl)cc1.COc1cc(OC(C)(C)C)ccc1CO. The second-order valence-electron chi connectivity index (χ2n) is 11.7. The molecule has 40 heavy (non-hydrogen) atoms. The van der Waals surface area contributed by atoms with E-state index in [1.165, 1.54) is 5.56 Å². The summed E-state index contributed by atoms with van der Waals surface area (Å²) in [5, 5.41) is 9.72. The summed E-state index contributed by atoms with van der Waals surface area (Å²) in [6.07, 6.45) is 0. The molecular weight excluding hydrogens is 539 g/mol. The Kier molecular flexibility index (Phi) is 10.3. The molecule has 0 spiro atoms. The summed E-state index contributed by atoms with van der Waals surface area (Å²) in [7, 11) is 1.58. The van der Waals surface area contributed by atoms with Gasteiger partial charge < -0.3 is 14.6 Å². The molecule has 1 atom stereocenters. The molecule has 0 fully saturated rings. The summed E-state index contributed by atoms with van der Waals surface area (Å²) in [5.41, 5.74) is 4.83. The van der Waals surface area contributed by atoms with Crippen LogP contribution in [0.1, 0.15) is 69.4 Å². The van der Waals surface area contributed by atoms with Crippen LogP contribution in [0.4, 0.5) is 0 Å². The number of halogens is 2. The maximum absolute atomic E-state index is 9.05. The molecule has 1 unspecified atom stereocenters. The van der Waals surface area contributed by atoms with Crippen LogP contribution in [0.5, 0.6) is 11.5 Å². The van der Waals surface area contributed by atoms with Gasteiger partial charge in [-0.2, -0.15) is 0 Å². The fourth-order valence-electron chi connectivity index (χ4n) is 4.36. The van der Waals surface area contributed by atoms with Crippen molar-refractivity contribution in [3.8, 4) is 11.5 Å². The van der Waals surface area contributed by atoms with Crippen molar-refractivity contribution in [2.24, 2.45) is 0 Å². The molecule has 212 valence electrons. The van der Waals surface area contributed by atoms with Crippen molar-refractivity contribution in [2.45, 2.75) is 64.0 Å². The second-order valence-corrected chi connectivity index (χ2v) is 12.7. The van der Waals surface area contributed by atoms with E-state index in [0.717, 1.165) is 28.0 Å². The van der Waals surface area contributed by atoms with E-state index in [1.54, 1.807) is 19.2 Å². The Balaban J connectivity index is 0.000000252. The van der Waals surface area contributed by atoms with Crippen molar-refractivity contribution >= 4 is 23.2 Å². The summed E-state index contributed by atoms with van der Waals surface area (Å²) in [6.45, 7) is 12.6. The van der Waals surface area contributed by atoms with Crippen LogP contribution in [0.2, 0.25) is 5.02 Å². The third kappa shape index (κ3) is 7.81. The quantitative estimate of drug-likeness (QED) is 0.183. The molecule has 0 amide bonds. The molecule has 0 aliphatic rings. The van der Waals surface area contributed by atoms with Crippen molar-refractivity contribution in [1.29, 1.82) is 0 Å². The predicted octanol–water partition coefficient (Wildman–Crippen LogP) is 9.53. The van der Waals surface area contributed by atoms with Crippen LogP contribution in [0.25, 0.3) is 0 Å². The first-order valence-electron chi connectivity index (χ1n) is 13.4. The molecule has 1 N–H and O–H groups in total. The maximum atomic E-state index is 9.05. The minimum atomic E-state index is -0.823. The van der Waals surface area contributed by atoms with Crippen molar-refractivity contribution < 1.29 is 14.6 Å². The largest absolute Gasteiger partial charge is 0.496 e. The molecule has 0 radical (unpaired) electrons. The van der Waals surface area contributed by atoms with Gasteiger partial charge in [-0.05, 0) is 61.1 Å². The Morgan fingerprint density at radius 1 is 0.700 bits per heavy atom. The van der Waals surface area contributed by atoms with Crippen molar-refractivity contribution in [2.75, 3.05) is 7.11 Å². The summed E-state index contributed by atoms with van der Waals surface area (Å²) in [5.74, 6) is 1.40. The number of rotatable bonds is 6. The van der Waals surface area contributed by atoms with Crippen molar-refractivity contribution in [3.05, 3.63) is 130 Å². The van der Waals surface area contributed by atoms with E-state index in [0.29, 0.717) is 10.8 Å². The number of aliphatic hydroxyl groups is 1. The molecule has 0 aromatic heterocycles. The highest BCUT2D eigenvalue weighted by atomic mass is 35.5. The molecule has 0 aliphatic carbocycles. The van der Waals surface area contributed by atoms with Gasteiger partial charge in [0.2, 0.25) is 0 Å². The Labute approximate surface area is 249 Å². The van der Waals surface area contributed by atoms with Crippen LogP contribution in [-0.4, -0.2) is 17.8 Å². The van der Waals surface area contributed by atoms with E-state index in [2.05, 4.69) is 45.0 Å². The molecule has 4 rings (SSSR count). The first kappa shape index (κ1) is 31.5. The van der Waals surface area contributed by atoms with E-state index < -0.39 is 4.87 Å². The number of aliphatic hydroxyl groups excluding tert-OH is 1. The van der Waals surface area contributed by atoms with Gasteiger partial charge in [-0.3, -0.25) is 0 Å². The third-order valence-electron chi connectivity index (χ3n) is 6.42. The highest BCUT2D eigenvalue weighted by Crippen LogP contribution is 2.46. The summed E-state index contributed by atoms with van der Waals surface area (Å²) in [4.78, 5) is -0.823. The van der Waals surface area contributed by atoms with Crippen LogP contribution < -0.4 is 9.47 Å². The van der Waals surface area contributed by atoms with E-state index in [9.17, 15) is 0 Å². The molecule has 3 nitrogen and oxygen atoms in total. The topological polar surface area (TPSA) is 38.7 Å².